The molecule has 1 aliphatic carbocycles. The van der Waals surface area contributed by atoms with Crippen LogP contribution < -0.4 is 5.32 Å². The molecule has 1 aromatic carbocycles. The molecule has 0 saturated heterocycles. The molecule has 0 radical (unpaired) electrons. The summed E-state index contributed by atoms with van der Waals surface area (Å²) in [5.74, 6) is 2.25. The standard InChI is InChI=1S/C17H15N7S/c1-2-4-12(5-3-1)17-22-20-15(25-17)10-18-13-8-9-14-19-21-16(11-6-7-11)24(14)23-13/h1-5,8-9,11H,6-7,10H2,(H,18,23). The summed E-state index contributed by atoms with van der Waals surface area (Å²) in [6.07, 6.45) is 2.35. The van der Waals surface area contributed by atoms with Crippen molar-refractivity contribution in [3.8, 4) is 10.6 Å². The van der Waals surface area contributed by atoms with Crippen LogP contribution in [0, 0.1) is 0 Å². The van der Waals surface area contributed by atoms with Gasteiger partial charge in [-0.15, -0.1) is 25.5 Å². The monoisotopic (exact) mass is 349 g/mol. The number of rotatable bonds is 5. The fourth-order valence-electron chi connectivity index (χ4n) is 2.68. The van der Waals surface area contributed by atoms with Crippen molar-refractivity contribution in [1.82, 2.24) is 30.0 Å². The molecule has 1 aliphatic rings. The highest BCUT2D eigenvalue weighted by Crippen LogP contribution is 2.38. The van der Waals surface area contributed by atoms with E-state index < -0.39 is 0 Å². The zero-order valence-electron chi connectivity index (χ0n) is 13.3. The second-order valence-electron chi connectivity index (χ2n) is 6.04. The van der Waals surface area contributed by atoms with Crippen LogP contribution in [0.1, 0.15) is 29.6 Å². The fraction of sp³-hybridized carbons (Fsp3) is 0.235. The molecule has 3 aromatic heterocycles. The molecule has 25 heavy (non-hydrogen) atoms. The van der Waals surface area contributed by atoms with Crippen LogP contribution in [0.15, 0.2) is 42.5 Å². The SMILES string of the molecule is c1ccc(-c2nnc(CNc3ccc4nnc(C5CC5)n4n3)s2)cc1. The van der Waals surface area contributed by atoms with E-state index in [0.717, 1.165) is 32.9 Å². The molecule has 1 N–H and O–H groups in total. The Hall–Kier alpha value is -2.87. The minimum Gasteiger partial charge on any atom is -0.362 e. The topological polar surface area (TPSA) is 80.9 Å². The third-order valence-corrected chi connectivity index (χ3v) is 5.11. The Morgan fingerprint density at radius 3 is 2.72 bits per heavy atom. The second-order valence-corrected chi connectivity index (χ2v) is 7.10. The molecule has 0 aliphatic heterocycles. The van der Waals surface area contributed by atoms with Crippen LogP contribution in [0.3, 0.4) is 0 Å². The number of fused-ring (bicyclic) bond motifs is 1. The third kappa shape index (κ3) is 2.85. The summed E-state index contributed by atoms with van der Waals surface area (Å²) in [7, 11) is 0. The van der Waals surface area contributed by atoms with E-state index in [2.05, 4.69) is 30.8 Å². The van der Waals surface area contributed by atoms with Crippen LogP contribution in [0.4, 0.5) is 5.82 Å². The van der Waals surface area contributed by atoms with Gasteiger partial charge in [0.05, 0.1) is 6.54 Å². The molecule has 1 saturated carbocycles. The van der Waals surface area contributed by atoms with Crippen molar-refractivity contribution in [3.05, 3.63) is 53.3 Å². The molecule has 4 aromatic rings. The Morgan fingerprint density at radius 2 is 1.88 bits per heavy atom. The lowest BCUT2D eigenvalue weighted by Gasteiger charge is -2.04. The maximum absolute atomic E-state index is 4.61. The fourth-order valence-corrected chi connectivity index (χ4v) is 3.47. The molecule has 0 spiro atoms. The summed E-state index contributed by atoms with van der Waals surface area (Å²) in [6, 6.07) is 13.9. The van der Waals surface area contributed by atoms with E-state index in [-0.39, 0.29) is 0 Å². The summed E-state index contributed by atoms with van der Waals surface area (Å²) in [5.41, 5.74) is 1.87. The number of nitrogens with one attached hydrogen (secondary N) is 1. The number of hydrogen-bond acceptors (Lipinski definition) is 7. The van der Waals surface area contributed by atoms with Gasteiger partial charge < -0.3 is 5.32 Å². The van der Waals surface area contributed by atoms with Gasteiger partial charge in [0, 0.05) is 11.5 Å². The number of benzene rings is 1. The van der Waals surface area contributed by atoms with Gasteiger partial charge in [0.25, 0.3) is 0 Å². The minimum atomic E-state index is 0.509. The van der Waals surface area contributed by atoms with Gasteiger partial charge in [0.15, 0.2) is 11.5 Å². The molecular weight excluding hydrogens is 334 g/mol. The normalized spacial score (nSPS) is 14.1. The van der Waals surface area contributed by atoms with Crippen molar-refractivity contribution in [1.29, 1.82) is 0 Å². The van der Waals surface area contributed by atoms with Crippen molar-refractivity contribution < 1.29 is 0 Å². The first-order valence-electron chi connectivity index (χ1n) is 8.21. The van der Waals surface area contributed by atoms with Crippen molar-refractivity contribution in [2.75, 3.05) is 5.32 Å². The number of anilines is 1. The number of nitrogens with zero attached hydrogens (tertiary/aromatic N) is 6. The van der Waals surface area contributed by atoms with Crippen LogP contribution >= 0.6 is 11.3 Å². The quantitative estimate of drug-likeness (QED) is 0.596. The average Bonchev–Trinajstić information content (AvgIpc) is 3.24. The summed E-state index contributed by atoms with van der Waals surface area (Å²) in [4.78, 5) is 0. The van der Waals surface area contributed by atoms with Crippen LogP contribution in [0.2, 0.25) is 0 Å². The summed E-state index contributed by atoms with van der Waals surface area (Å²) in [5, 5.41) is 26.7. The average molecular weight is 349 g/mol. The van der Waals surface area contributed by atoms with Crippen LogP contribution in [0.25, 0.3) is 16.2 Å². The van der Waals surface area contributed by atoms with Crippen molar-refractivity contribution in [2.24, 2.45) is 0 Å². The second kappa shape index (κ2) is 5.89. The van der Waals surface area contributed by atoms with E-state index >= 15 is 0 Å². The van der Waals surface area contributed by atoms with Gasteiger partial charge in [-0.1, -0.05) is 41.7 Å². The van der Waals surface area contributed by atoms with Crippen molar-refractivity contribution >= 4 is 22.8 Å². The largest absolute Gasteiger partial charge is 0.362 e. The highest BCUT2D eigenvalue weighted by atomic mass is 32.1. The molecule has 7 nitrogen and oxygen atoms in total. The maximum Gasteiger partial charge on any atom is 0.178 e. The van der Waals surface area contributed by atoms with E-state index in [1.807, 2.05) is 47.0 Å². The van der Waals surface area contributed by atoms with Gasteiger partial charge in [-0.25, -0.2) is 0 Å². The summed E-state index contributed by atoms with van der Waals surface area (Å²) < 4.78 is 1.84. The Bertz CT molecular complexity index is 1020. The highest BCUT2D eigenvalue weighted by Gasteiger charge is 2.29. The Labute approximate surface area is 147 Å². The Morgan fingerprint density at radius 1 is 1.00 bits per heavy atom. The number of aromatic nitrogens is 6. The van der Waals surface area contributed by atoms with Gasteiger partial charge in [-0.05, 0) is 25.0 Å². The molecule has 8 heteroatoms. The van der Waals surface area contributed by atoms with Crippen molar-refractivity contribution in [2.45, 2.75) is 25.3 Å². The molecular formula is C17H15N7S. The van der Waals surface area contributed by atoms with Gasteiger partial charge in [-0.3, -0.25) is 0 Å². The maximum atomic E-state index is 4.61. The minimum absolute atomic E-state index is 0.509. The number of hydrogen-bond donors (Lipinski definition) is 1. The predicted octanol–water partition coefficient (Wildman–Crippen LogP) is 3.13. The Balaban J connectivity index is 1.33. The molecule has 5 rings (SSSR count). The van der Waals surface area contributed by atoms with Crippen LogP contribution in [-0.2, 0) is 6.54 Å². The van der Waals surface area contributed by atoms with E-state index in [1.54, 1.807) is 11.3 Å². The first kappa shape index (κ1) is 14.5. The van der Waals surface area contributed by atoms with E-state index in [1.165, 1.54) is 12.8 Å². The molecule has 0 amide bonds. The summed E-state index contributed by atoms with van der Waals surface area (Å²) in [6.45, 7) is 0.587. The predicted molar refractivity (Wildman–Crippen MR) is 95.4 cm³/mol. The Kier molecular flexibility index (Phi) is 3.41. The van der Waals surface area contributed by atoms with Crippen LogP contribution in [-0.4, -0.2) is 30.0 Å². The zero-order valence-corrected chi connectivity index (χ0v) is 14.1. The lowest BCUT2D eigenvalue weighted by atomic mass is 10.2. The lowest BCUT2D eigenvalue weighted by molar-refractivity contribution is 0.813. The van der Waals surface area contributed by atoms with Gasteiger partial charge in [0.2, 0.25) is 0 Å². The van der Waals surface area contributed by atoms with Gasteiger partial charge >= 0.3 is 0 Å². The molecule has 124 valence electrons. The zero-order chi connectivity index (χ0) is 16.6. The van der Waals surface area contributed by atoms with Crippen LogP contribution in [0.5, 0.6) is 0 Å². The molecule has 0 bridgehead atoms. The van der Waals surface area contributed by atoms with E-state index in [9.17, 15) is 0 Å². The lowest BCUT2D eigenvalue weighted by Crippen LogP contribution is -2.05. The molecule has 0 unspecified atom stereocenters. The van der Waals surface area contributed by atoms with E-state index in [4.69, 9.17) is 0 Å². The highest BCUT2D eigenvalue weighted by molar-refractivity contribution is 7.14. The third-order valence-electron chi connectivity index (χ3n) is 4.14. The smallest absolute Gasteiger partial charge is 0.178 e. The molecule has 1 fully saturated rings. The van der Waals surface area contributed by atoms with Gasteiger partial charge in [0.1, 0.15) is 15.8 Å². The molecule has 3 heterocycles. The summed E-state index contributed by atoms with van der Waals surface area (Å²) >= 11 is 1.58. The van der Waals surface area contributed by atoms with Crippen molar-refractivity contribution in [3.63, 3.8) is 0 Å². The molecule has 0 atom stereocenters. The first-order valence-corrected chi connectivity index (χ1v) is 9.02. The van der Waals surface area contributed by atoms with E-state index in [0.29, 0.717) is 12.5 Å². The first-order chi connectivity index (χ1) is 12.4. The van der Waals surface area contributed by atoms with Gasteiger partial charge in [-0.2, -0.15) is 4.52 Å².